The summed E-state index contributed by atoms with van der Waals surface area (Å²) in [7, 11) is 1.58. The van der Waals surface area contributed by atoms with Gasteiger partial charge in [-0.1, -0.05) is 0 Å². The van der Waals surface area contributed by atoms with Gasteiger partial charge in [0.2, 0.25) is 0 Å². The Labute approximate surface area is 187 Å². The monoisotopic (exact) mass is 465 g/mol. The van der Waals surface area contributed by atoms with Crippen molar-refractivity contribution in [2.45, 2.75) is 98.7 Å². The number of rotatable bonds is 6. The van der Waals surface area contributed by atoms with Crippen LogP contribution in [0.2, 0.25) is 0 Å². The van der Waals surface area contributed by atoms with Gasteiger partial charge in [-0.15, -0.1) is 0 Å². The van der Waals surface area contributed by atoms with E-state index in [9.17, 15) is 20.4 Å². The highest BCUT2D eigenvalue weighted by Gasteiger charge is 2.53. The van der Waals surface area contributed by atoms with Gasteiger partial charge in [-0.3, -0.25) is 0 Å². The summed E-state index contributed by atoms with van der Waals surface area (Å²) in [5.41, 5.74) is 22.7. The Kier molecular flexibility index (Phi) is 8.48. The van der Waals surface area contributed by atoms with E-state index in [4.69, 9.17) is 41.9 Å². The normalized spacial score (nSPS) is 52.7. The smallest absolute Gasteiger partial charge is 0.185 e. The van der Waals surface area contributed by atoms with Gasteiger partial charge in [-0.25, -0.2) is 0 Å². The number of nitrogens with two attached hydrogens (primary N) is 4. The van der Waals surface area contributed by atoms with Crippen molar-refractivity contribution >= 4 is 0 Å². The molecule has 2 heterocycles. The fraction of sp³-hybridized carbons (Fsp3) is 1.00. The first-order chi connectivity index (χ1) is 15.0. The van der Waals surface area contributed by atoms with Gasteiger partial charge in [0.15, 0.2) is 12.6 Å². The first-order valence-electron chi connectivity index (χ1n) is 11.0. The van der Waals surface area contributed by atoms with Gasteiger partial charge < -0.3 is 67.6 Å². The Morgan fingerprint density at radius 1 is 0.969 bits per heavy atom. The Morgan fingerprint density at radius 2 is 1.56 bits per heavy atom. The molecule has 0 aromatic rings. The molecule has 1 saturated carbocycles. The predicted octanol–water partition coefficient (Wildman–Crippen LogP) is -5.01. The topological polar surface area (TPSA) is 234 Å². The van der Waals surface area contributed by atoms with Crippen LogP contribution in [-0.2, 0) is 18.9 Å². The predicted molar refractivity (Wildman–Crippen MR) is 112 cm³/mol. The maximum Gasteiger partial charge on any atom is 0.185 e. The first kappa shape index (κ1) is 26.1. The van der Waals surface area contributed by atoms with Crippen LogP contribution in [0.3, 0.4) is 0 Å². The zero-order valence-electron chi connectivity index (χ0n) is 18.5. The fourth-order valence-electron chi connectivity index (χ4n) is 4.68. The van der Waals surface area contributed by atoms with Crippen LogP contribution in [0.4, 0.5) is 0 Å². The van der Waals surface area contributed by atoms with Crippen molar-refractivity contribution in [2.75, 3.05) is 20.2 Å². The molecule has 32 heavy (non-hydrogen) atoms. The highest BCUT2D eigenvalue weighted by atomic mass is 16.7. The van der Waals surface area contributed by atoms with Crippen LogP contribution in [0.5, 0.6) is 0 Å². The molecule has 1 aliphatic carbocycles. The summed E-state index contributed by atoms with van der Waals surface area (Å²) >= 11 is 0. The van der Waals surface area contributed by atoms with E-state index in [1.807, 2.05) is 0 Å². The molecule has 0 radical (unpaired) electrons. The molecule has 3 aliphatic rings. The van der Waals surface area contributed by atoms with Crippen molar-refractivity contribution in [3.63, 3.8) is 0 Å². The number of hydrogen-bond donors (Lipinski definition) is 9. The van der Waals surface area contributed by atoms with Crippen molar-refractivity contribution in [3.8, 4) is 0 Å². The molecule has 13 nitrogen and oxygen atoms in total. The number of aliphatic hydroxyl groups excluding tert-OH is 3. The van der Waals surface area contributed by atoms with Gasteiger partial charge >= 0.3 is 0 Å². The number of ether oxygens (including phenoxy) is 4. The van der Waals surface area contributed by atoms with E-state index in [1.165, 1.54) is 6.92 Å². The lowest BCUT2D eigenvalue weighted by Gasteiger charge is -2.49. The average Bonchev–Trinajstić information content (AvgIpc) is 2.75. The third kappa shape index (κ3) is 5.10. The average molecular weight is 466 g/mol. The van der Waals surface area contributed by atoms with Crippen LogP contribution in [0, 0.1) is 0 Å². The van der Waals surface area contributed by atoms with Crippen LogP contribution in [0.15, 0.2) is 0 Å². The summed E-state index contributed by atoms with van der Waals surface area (Å²) in [6, 6.07) is -3.37. The quantitative estimate of drug-likeness (QED) is 0.179. The van der Waals surface area contributed by atoms with Crippen LogP contribution in [-0.4, -0.2) is 120 Å². The highest BCUT2D eigenvalue weighted by Crippen LogP contribution is 2.31. The number of nitrogens with one attached hydrogen (secondary N) is 1. The third-order valence-corrected chi connectivity index (χ3v) is 6.71. The Bertz CT molecular complexity index is 618. The number of hydrogen-bond acceptors (Lipinski definition) is 13. The Morgan fingerprint density at radius 3 is 2.12 bits per heavy atom. The molecule has 188 valence electrons. The van der Waals surface area contributed by atoms with Gasteiger partial charge in [0.05, 0.1) is 43.0 Å². The summed E-state index contributed by atoms with van der Waals surface area (Å²) in [4.78, 5) is 0. The van der Waals surface area contributed by atoms with E-state index in [0.717, 1.165) is 0 Å². The first-order valence-corrected chi connectivity index (χ1v) is 11.0. The van der Waals surface area contributed by atoms with Crippen molar-refractivity contribution in [2.24, 2.45) is 22.9 Å². The fourth-order valence-corrected chi connectivity index (χ4v) is 4.68. The summed E-state index contributed by atoms with van der Waals surface area (Å²) < 4.78 is 23.0. The van der Waals surface area contributed by atoms with E-state index in [2.05, 4.69) is 5.32 Å². The summed E-state index contributed by atoms with van der Waals surface area (Å²) in [6.07, 6.45) is -7.33. The molecule has 0 aromatic heterocycles. The zero-order chi connectivity index (χ0) is 23.8. The second kappa shape index (κ2) is 10.4. The molecule has 0 bridgehead atoms. The van der Waals surface area contributed by atoms with Crippen molar-refractivity contribution in [1.29, 1.82) is 0 Å². The van der Waals surface area contributed by atoms with E-state index < -0.39 is 72.9 Å². The van der Waals surface area contributed by atoms with Gasteiger partial charge in [-0.2, -0.15) is 0 Å². The maximum atomic E-state index is 11.0. The molecule has 3 fully saturated rings. The highest BCUT2D eigenvalue weighted by molar-refractivity contribution is 5.06. The molecule has 6 unspecified atom stereocenters. The van der Waals surface area contributed by atoms with Gasteiger partial charge in [-0.05, 0) is 26.8 Å². The lowest BCUT2D eigenvalue weighted by atomic mass is 9.81. The minimum absolute atomic E-state index is 0.133. The molecule has 13 N–H and O–H groups in total. The van der Waals surface area contributed by atoms with Crippen LogP contribution in [0.25, 0.3) is 0 Å². The minimum Gasteiger partial charge on any atom is -0.390 e. The lowest BCUT2D eigenvalue weighted by Crippen LogP contribution is -2.72. The molecule has 0 aromatic carbocycles. The van der Waals surface area contributed by atoms with Crippen molar-refractivity contribution in [1.82, 2.24) is 5.32 Å². The van der Waals surface area contributed by atoms with Gasteiger partial charge in [0.25, 0.3) is 0 Å². The zero-order valence-corrected chi connectivity index (χ0v) is 18.5. The van der Waals surface area contributed by atoms with Crippen LogP contribution >= 0.6 is 0 Å². The lowest BCUT2D eigenvalue weighted by molar-refractivity contribution is -0.312. The van der Waals surface area contributed by atoms with Gasteiger partial charge in [0, 0.05) is 6.54 Å². The van der Waals surface area contributed by atoms with Crippen molar-refractivity contribution in [3.05, 3.63) is 0 Å². The van der Waals surface area contributed by atoms with Gasteiger partial charge in [0.1, 0.15) is 30.0 Å². The largest absolute Gasteiger partial charge is 0.390 e. The molecule has 3 rings (SSSR count). The van der Waals surface area contributed by atoms with E-state index in [-0.39, 0.29) is 12.7 Å². The Balaban J connectivity index is 1.73. The summed E-state index contributed by atoms with van der Waals surface area (Å²) in [6.45, 7) is 1.67. The van der Waals surface area contributed by atoms with Crippen molar-refractivity contribution < 1.29 is 39.4 Å². The molecular weight excluding hydrogens is 426 g/mol. The van der Waals surface area contributed by atoms with Crippen LogP contribution in [0.1, 0.15) is 19.8 Å². The molecule has 13 atom stereocenters. The van der Waals surface area contributed by atoms with E-state index >= 15 is 0 Å². The maximum absolute atomic E-state index is 11.0. The van der Waals surface area contributed by atoms with E-state index in [1.54, 1.807) is 7.05 Å². The molecule has 0 amide bonds. The standard InChI is InChI=1S/C19H39N5O8/c1-19(28)6-29-18(13(27)16(19)24-2)32-15-10(23)11(25)9(22)14(12(15)26)31-17-8(21)4-3-7(5-20)30-17/h7-18,24-28H,3-6,20-23H2,1-2H3/t7?,8?,9-,10+,11?,12?,13?,14?,15-,16+,17+,18+,19-/m0/s1. The molecule has 2 saturated heterocycles. The molecule has 0 spiro atoms. The SMILES string of the molecule is CN[C@@H]1C(O)[C@@H](O[C@@H]2C(O)C(O[C@H]3OC(CN)CCC3N)[C@@H](N)C(O)[C@H]2N)OC[C@]1(C)O. The minimum atomic E-state index is -1.39. The molecular formula is C19H39N5O8. The summed E-state index contributed by atoms with van der Waals surface area (Å²) in [5, 5.41) is 45.5. The molecule has 13 heteroatoms. The van der Waals surface area contributed by atoms with Crippen LogP contribution < -0.4 is 28.3 Å². The number of aliphatic hydroxyl groups is 4. The van der Waals surface area contributed by atoms with E-state index in [0.29, 0.717) is 19.4 Å². The summed E-state index contributed by atoms with van der Waals surface area (Å²) in [5.74, 6) is 0. The molecule has 2 aliphatic heterocycles. The second-order valence-electron chi connectivity index (χ2n) is 9.23. The number of likely N-dealkylation sites (N-methyl/N-ethyl adjacent to an activating group) is 1. The second-order valence-corrected chi connectivity index (χ2v) is 9.23. The third-order valence-electron chi connectivity index (χ3n) is 6.71. The Hall–Kier alpha value is -0.520.